The van der Waals surface area contributed by atoms with Crippen molar-refractivity contribution in [2.24, 2.45) is 10.7 Å². The number of hydrogen-bond donors (Lipinski definition) is 2. The standard InChI is InChI=1S/C14H22N4O2/c1-11(2)20-13(19)7-10-18-14(15)17-9-6-12-5-3-4-8-16-12/h3-5,8,11H,6-7,9-10H2,1-2H3,(H3,15,17,18). The Hall–Kier alpha value is -2.11. The molecule has 0 bridgehead atoms. The average Bonchev–Trinajstić information content (AvgIpc) is 2.39. The van der Waals surface area contributed by atoms with E-state index in [1.807, 2.05) is 32.0 Å². The van der Waals surface area contributed by atoms with Crippen LogP contribution in [-0.2, 0) is 16.0 Å². The van der Waals surface area contributed by atoms with E-state index in [0.29, 0.717) is 19.0 Å². The highest BCUT2D eigenvalue weighted by molar-refractivity contribution is 5.78. The molecule has 0 saturated carbocycles. The molecule has 6 nitrogen and oxygen atoms in total. The quantitative estimate of drug-likeness (QED) is 0.439. The van der Waals surface area contributed by atoms with E-state index in [1.165, 1.54) is 0 Å². The molecule has 1 rings (SSSR count). The molecular weight excluding hydrogens is 256 g/mol. The van der Waals surface area contributed by atoms with Crippen molar-refractivity contribution in [1.29, 1.82) is 0 Å². The lowest BCUT2D eigenvalue weighted by Crippen LogP contribution is -2.33. The molecule has 0 aliphatic heterocycles. The number of guanidine groups is 1. The number of ether oxygens (including phenoxy) is 1. The topological polar surface area (TPSA) is 89.6 Å². The van der Waals surface area contributed by atoms with Gasteiger partial charge in [0.05, 0.1) is 19.1 Å². The molecular formula is C14H22N4O2. The van der Waals surface area contributed by atoms with Crippen molar-refractivity contribution in [3.05, 3.63) is 30.1 Å². The minimum absolute atomic E-state index is 0.0969. The zero-order chi connectivity index (χ0) is 14.8. The molecule has 1 aromatic heterocycles. The van der Waals surface area contributed by atoms with Crippen molar-refractivity contribution < 1.29 is 9.53 Å². The second-order valence-electron chi connectivity index (χ2n) is 4.55. The van der Waals surface area contributed by atoms with Gasteiger partial charge in [-0.25, -0.2) is 0 Å². The molecule has 0 aliphatic rings. The van der Waals surface area contributed by atoms with E-state index in [9.17, 15) is 4.79 Å². The van der Waals surface area contributed by atoms with Crippen LogP contribution in [0.15, 0.2) is 29.4 Å². The fourth-order valence-electron chi connectivity index (χ4n) is 1.51. The number of nitrogens with zero attached hydrogens (tertiary/aromatic N) is 2. The number of nitrogens with two attached hydrogens (primary N) is 1. The summed E-state index contributed by atoms with van der Waals surface area (Å²) in [6, 6.07) is 5.78. The molecule has 0 aromatic carbocycles. The summed E-state index contributed by atoms with van der Waals surface area (Å²) in [7, 11) is 0. The number of pyridine rings is 1. The van der Waals surface area contributed by atoms with Crippen LogP contribution < -0.4 is 11.1 Å². The molecule has 20 heavy (non-hydrogen) atoms. The number of esters is 1. The van der Waals surface area contributed by atoms with Crippen molar-refractivity contribution in [1.82, 2.24) is 10.3 Å². The predicted octanol–water partition coefficient (Wildman–Crippen LogP) is 0.870. The molecule has 110 valence electrons. The van der Waals surface area contributed by atoms with Gasteiger partial charge in [-0.3, -0.25) is 14.8 Å². The van der Waals surface area contributed by atoms with Crippen LogP contribution in [0.2, 0.25) is 0 Å². The Balaban J connectivity index is 2.17. The van der Waals surface area contributed by atoms with Gasteiger partial charge < -0.3 is 15.8 Å². The van der Waals surface area contributed by atoms with E-state index in [-0.39, 0.29) is 18.5 Å². The SMILES string of the molecule is CC(C)OC(=O)CCN=C(N)NCCc1ccccn1. The summed E-state index contributed by atoms with van der Waals surface area (Å²) in [5, 5.41) is 2.98. The van der Waals surface area contributed by atoms with E-state index in [1.54, 1.807) is 6.20 Å². The molecule has 0 aliphatic carbocycles. The van der Waals surface area contributed by atoms with Crippen LogP contribution in [0.1, 0.15) is 26.0 Å². The maximum absolute atomic E-state index is 11.3. The summed E-state index contributed by atoms with van der Waals surface area (Å²) in [4.78, 5) is 19.5. The van der Waals surface area contributed by atoms with E-state index in [4.69, 9.17) is 10.5 Å². The highest BCUT2D eigenvalue weighted by Crippen LogP contribution is 1.94. The third kappa shape index (κ3) is 7.35. The largest absolute Gasteiger partial charge is 0.463 e. The van der Waals surface area contributed by atoms with Crippen LogP contribution in [-0.4, -0.2) is 36.1 Å². The smallest absolute Gasteiger partial charge is 0.307 e. The molecule has 0 spiro atoms. The van der Waals surface area contributed by atoms with E-state index < -0.39 is 0 Å². The summed E-state index contributed by atoms with van der Waals surface area (Å²) in [6.07, 6.45) is 2.67. The molecule has 1 heterocycles. The molecule has 0 fully saturated rings. The predicted molar refractivity (Wildman–Crippen MR) is 78.3 cm³/mol. The van der Waals surface area contributed by atoms with E-state index >= 15 is 0 Å². The highest BCUT2D eigenvalue weighted by Gasteiger charge is 2.04. The van der Waals surface area contributed by atoms with Gasteiger partial charge in [-0.1, -0.05) is 6.07 Å². The van der Waals surface area contributed by atoms with Gasteiger partial charge in [0.1, 0.15) is 0 Å². The van der Waals surface area contributed by atoms with Crippen molar-refractivity contribution >= 4 is 11.9 Å². The van der Waals surface area contributed by atoms with Gasteiger partial charge in [0, 0.05) is 24.9 Å². The first-order chi connectivity index (χ1) is 9.58. The molecule has 0 amide bonds. The normalized spacial score (nSPS) is 11.4. The molecule has 0 radical (unpaired) electrons. The number of aromatic nitrogens is 1. The number of hydrogen-bond acceptors (Lipinski definition) is 4. The summed E-state index contributed by atoms with van der Waals surface area (Å²) in [6.45, 7) is 4.61. The van der Waals surface area contributed by atoms with Gasteiger partial charge in [0.2, 0.25) is 0 Å². The Bertz CT molecular complexity index is 432. The minimum atomic E-state index is -0.259. The summed E-state index contributed by atoms with van der Waals surface area (Å²) >= 11 is 0. The molecule has 0 unspecified atom stereocenters. The van der Waals surface area contributed by atoms with E-state index in [0.717, 1.165) is 12.1 Å². The van der Waals surface area contributed by atoms with Gasteiger partial charge in [0.15, 0.2) is 5.96 Å². The van der Waals surface area contributed by atoms with Crippen molar-refractivity contribution in [3.8, 4) is 0 Å². The van der Waals surface area contributed by atoms with Gasteiger partial charge >= 0.3 is 5.97 Å². The number of nitrogens with one attached hydrogen (secondary N) is 1. The summed E-state index contributed by atoms with van der Waals surface area (Å²) in [5.74, 6) is 0.0725. The fourth-order valence-corrected chi connectivity index (χ4v) is 1.51. The zero-order valence-electron chi connectivity index (χ0n) is 12.0. The molecule has 1 aromatic rings. The summed E-state index contributed by atoms with van der Waals surface area (Å²) in [5.41, 5.74) is 6.69. The fraction of sp³-hybridized carbons (Fsp3) is 0.500. The van der Waals surface area contributed by atoms with Crippen LogP contribution in [0, 0.1) is 0 Å². The number of rotatable bonds is 7. The lowest BCUT2D eigenvalue weighted by atomic mass is 10.3. The second-order valence-corrected chi connectivity index (χ2v) is 4.55. The summed E-state index contributed by atoms with van der Waals surface area (Å²) < 4.78 is 4.99. The third-order valence-corrected chi connectivity index (χ3v) is 2.38. The Morgan fingerprint density at radius 2 is 2.30 bits per heavy atom. The molecule has 0 atom stereocenters. The van der Waals surface area contributed by atoms with Gasteiger partial charge in [-0.05, 0) is 26.0 Å². The molecule has 6 heteroatoms. The lowest BCUT2D eigenvalue weighted by molar-refractivity contribution is -0.147. The first-order valence-electron chi connectivity index (χ1n) is 6.71. The van der Waals surface area contributed by atoms with Crippen molar-refractivity contribution in [2.75, 3.05) is 13.1 Å². The maximum Gasteiger partial charge on any atom is 0.307 e. The van der Waals surface area contributed by atoms with Crippen molar-refractivity contribution in [2.45, 2.75) is 32.8 Å². The van der Waals surface area contributed by atoms with Gasteiger partial charge in [-0.2, -0.15) is 0 Å². The minimum Gasteiger partial charge on any atom is -0.463 e. The average molecular weight is 278 g/mol. The van der Waals surface area contributed by atoms with E-state index in [2.05, 4.69) is 15.3 Å². The van der Waals surface area contributed by atoms with Crippen LogP contribution in [0.4, 0.5) is 0 Å². The third-order valence-electron chi connectivity index (χ3n) is 2.38. The highest BCUT2D eigenvalue weighted by atomic mass is 16.5. The maximum atomic E-state index is 11.3. The lowest BCUT2D eigenvalue weighted by Gasteiger charge is -2.07. The number of carbonyl (C=O) groups is 1. The number of carbonyl (C=O) groups excluding carboxylic acids is 1. The van der Waals surface area contributed by atoms with Gasteiger partial charge in [-0.15, -0.1) is 0 Å². The zero-order valence-corrected chi connectivity index (χ0v) is 12.0. The Morgan fingerprint density at radius 1 is 1.50 bits per heavy atom. The first kappa shape index (κ1) is 15.9. The van der Waals surface area contributed by atoms with Crippen LogP contribution >= 0.6 is 0 Å². The van der Waals surface area contributed by atoms with Crippen LogP contribution in [0.5, 0.6) is 0 Å². The molecule has 3 N–H and O–H groups in total. The second kappa shape index (κ2) is 8.90. The Labute approximate surface area is 119 Å². The Kier molecular flexibility index (Phi) is 7.10. The molecule has 0 saturated heterocycles. The van der Waals surface area contributed by atoms with Crippen molar-refractivity contribution in [3.63, 3.8) is 0 Å². The monoisotopic (exact) mass is 278 g/mol. The first-order valence-corrected chi connectivity index (χ1v) is 6.71. The number of aliphatic imine (C=N–C) groups is 1. The van der Waals surface area contributed by atoms with Crippen LogP contribution in [0.25, 0.3) is 0 Å². The van der Waals surface area contributed by atoms with Crippen LogP contribution in [0.3, 0.4) is 0 Å². The Morgan fingerprint density at radius 3 is 2.95 bits per heavy atom. The van der Waals surface area contributed by atoms with Gasteiger partial charge in [0.25, 0.3) is 0 Å².